The van der Waals surface area contributed by atoms with Crippen LogP contribution in [0.4, 0.5) is 0 Å². The van der Waals surface area contributed by atoms with E-state index in [-0.39, 0.29) is 19.1 Å². The van der Waals surface area contributed by atoms with Gasteiger partial charge in [0, 0.05) is 19.2 Å². The van der Waals surface area contributed by atoms with Gasteiger partial charge in [0.15, 0.2) is 6.10 Å². The Morgan fingerprint density at radius 2 is 2.20 bits per heavy atom. The Morgan fingerprint density at radius 1 is 1.45 bits per heavy atom. The molecule has 0 bridgehead atoms. The molecule has 0 aliphatic carbocycles. The van der Waals surface area contributed by atoms with Gasteiger partial charge in [0.2, 0.25) is 0 Å². The van der Waals surface area contributed by atoms with E-state index in [0.29, 0.717) is 18.7 Å². The predicted molar refractivity (Wildman–Crippen MR) is 70.4 cm³/mol. The molecule has 108 valence electrons. The Bertz CT molecular complexity index is 502. The number of methoxy groups -OCH3 is 1. The molecule has 1 fully saturated rings. The molecule has 0 unspecified atom stereocenters. The van der Waals surface area contributed by atoms with Crippen LogP contribution in [-0.2, 0) is 20.9 Å². The largest absolute Gasteiger partial charge is 0.479 e. The lowest BCUT2D eigenvalue weighted by molar-refractivity contribution is -0.154. The average Bonchev–Trinajstić information content (AvgIpc) is 2.47. The number of ether oxygens (including phenoxy) is 2. The van der Waals surface area contributed by atoms with E-state index in [9.17, 15) is 9.59 Å². The van der Waals surface area contributed by atoms with Crippen LogP contribution in [0.1, 0.15) is 15.9 Å². The minimum absolute atomic E-state index is 0.0650. The molecule has 1 aliphatic heterocycles. The number of benzene rings is 1. The van der Waals surface area contributed by atoms with Crippen molar-refractivity contribution in [3.63, 3.8) is 0 Å². The molecule has 1 N–H and O–H groups in total. The maximum atomic E-state index is 12.5. The number of morpholine rings is 1. The summed E-state index contributed by atoms with van der Waals surface area (Å²) in [6.45, 7) is 1.03. The molecule has 1 heterocycles. The first-order valence-corrected chi connectivity index (χ1v) is 6.34. The van der Waals surface area contributed by atoms with Crippen molar-refractivity contribution in [2.45, 2.75) is 12.7 Å². The van der Waals surface area contributed by atoms with E-state index in [2.05, 4.69) is 0 Å². The summed E-state index contributed by atoms with van der Waals surface area (Å²) in [5, 5.41) is 8.96. The van der Waals surface area contributed by atoms with Gasteiger partial charge < -0.3 is 19.5 Å². The van der Waals surface area contributed by atoms with Crippen molar-refractivity contribution < 1.29 is 24.2 Å². The highest BCUT2D eigenvalue weighted by molar-refractivity contribution is 5.96. The average molecular weight is 279 g/mol. The Morgan fingerprint density at radius 3 is 2.90 bits per heavy atom. The fourth-order valence-electron chi connectivity index (χ4n) is 2.16. The van der Waals surface area contributed by atoms with E-state index >= 15 is 0 Å². The molecule has 2 rings (SSSR count). The fraction of sp³-hybridized carbons (Fsp3) is 0.429. The van der Waals surface area contributed by atoms with Crippen molar-refractivity contribution in [3.05, 3.63) is 35.4 Å². The topological polar surface area (TPSA) is 76.1 Å². The van der Waals surface area contributed by atoms with Gasteiger partial charge in [-0.25, -0.2) is 4.79 Å². The van der Waals surface area contributed by atoms with Gasteiger partial charge in [0.05, 0.1) is 19.8 Å². The predicted octanol–water partition coefficient (Wildman–Crippen LogP) is 0.759. The lowest BCUT2D eigenvalue weighted by atomic mass is 10.1. The molecule has 1 aliphatic rings. The minimum Gasteiger partial charge on any atom is -0.479 e. The highest BCUT2D eigenvalue weighted by Crippen LogP contribution is 2.15. The van der Waals surface area contributed by atoms with Crippen molar-refractivity contribution in [2.24, 2.45) is 0 Å². The maximum absolute atomic E-state index is 12.5. The molecule has 1 aromatic rings. The molecule has 1 aromatic carbocycles. The zero-order chi connectivity index (χ0) is 14.5. The second-order valence-electron chi connectivity index (χ2n) is 4.54. The van der Waals surface area contributed by atoms with Gasteiger partial charge in [-0.15, -0.1) is 0 Å². The summed E-state index contributed by atoms with van der Waals surface area (Å²) in [6, 6.07) is 7.17. The highest BCUT2D eigenvalue weighted by atomic mass is 16.5. The van der Waals surface area contributed by atoms with Crippen LogP contribution in [0.5, 0.6) is 0 Å². The number of amides is 1. The summed E-state index contributed by atoms with van der Waals surface area (Å²) < 4.78 is 10.2. The fourth-order valence-corrected chi connectivity index (χ4v) is 2.16. The summed E-state index contributed by atoms with van der Waals surface area (Å²) in [5.41, 5.74) is 1.33. The van der Waals surface area contributed by atoms with Gasteiger partial charge in [0.25, 0.3) is 5.91 Å². The smallest absolute Gasteiger partial charge is 0.334 e. The van der Waals surface area contributed by atoms with Gasteiger partial charge in [-0.2, -0.15) is 0 Å². The quantitative estimate of drug-likeness (QED) is 0.880. The van der Waals surface area contributed by atoms with Crippen molar-refractivity contribution in [3.8, 4) is 0 Å². The Balaban J connectivity index is 2.16. The number of carbonyl (C=O) groups excluding carboxylic acids is 1. The van der Waals surface area contributed by atoms with Gasteiger partial charge in [-0.1, -0.05) is 18.2 Å². The van der Waals surface area contributed by atoms with Crippen LogP contribution in [0.25, 0.3) is 0 Å². The molecule has 1 atom stereocenters. The van der Waals surface area contributed by atoms with E-state index in [0.717, 1.165) is 5.56 Å². The molecule has 0 radical (unpaired) electrons. The standard InChI is InChI=1S/C14H17NO5/c1-19-9-10-4-2-3-5-11(10)13(16)15-6-7-20-12(8-15)14(17)18/h2-5,12H,6-9H2,1H3,(H,17,18)/t12-/m1/s1. The first kappa shape index (κ1) is 14.5. The van der Waals surface area contributed by atoms with Crippen LogP contribution < -0.4 is 0 Å². The molecule has 0 aromatic heterocycles. The second-order valence-corrected chi connectivity index (χ2v) is 4.54. The SMILES string of the molecule is COCc1ccccc1C(=O)N1CCO[C@@H](C(=O)O)C1. The number of carbonyl (C=O) groups is 2. The molecular formula is C14H17NO5. The number of rotatable bonds is 4. The third-order valence-electron chi connectivity index (χ3n) is 3.18. The van der Waals surface area contributed by atoms with Crippen LogP contribution in [0, 0.1) is 0 Å². The van der Waals surface area contributed by atoms with Crippen molar-refractivity contribution in [2.75, 3.05) is 26.8 Å². The summed E-state index contributed by atoms with van der Waals surface area (Å²) in [5.74, 6) is -1.24. The molecule has 0 spiro atoms. The van der Waals surface area contributed by atoms with Crippen LogP contribution in [0.2, 0.25) is 0 Å². The minimum atomic E-state index is -1.05. The van der Waals surface area contributed by atoms with E-state index in [1.807, 2.05) is 12.1 Å². The number of carboxylic acid groups (broad SMARTS) is 1. The number of carboxylic acids is 1. The molecule has 20 heavy (non-hydrogen) atoms. The Hall–Kier alpha value is -1.92. The van der Waals surface area contributed by atoms with Crippen molar-refractivity contribution >= 4 is 11.9 Å². The third kappa shape index (κ3) is 3.15. The van der Waals surface area contributed by atoms with Crippen LogP contribution in [-0.4, -0.2) is 54.8 Å². The van der Waals surface area contributed by atoms with Crippen LogP contribution in [0.15, 0.2) is 24.3 Å². The van der Waals surface area contributed by atoms with E-state index in [1.165, 1.54) is 4.90 Å². The molecule has 0 saturated carbocycles. The van der Waals surface area contributed by atoms with E-state index in [1.54, 1.807) is 19.2 Å². The zero-order valence-electron chi connectivity index (χ0n) is 11.2. The monoisotopic (exact) mass is 279 g/mol. The number of aliphatic carboxylic acids is 1. The summed E-state index contributed by atoms with van der Waals surface area (Å²) in [4.78, 5) is 24.9. The van der Waals surface area contributed by atoms with E-state index < -0.39 is 12.1 Å². The van der Waals surface area contributed by atoms with Crippen molar-refractivity contribution in [1.29, 1.82) is 0 Å². The molecule has 6 nitrogen and oxygen atoms in total. The molecular weight excluding hydrogens is 262 g/mol. The van der Waals surface area contributed by atoms with Crippen LogP contribution >= 0.6 is 0 Å². The molecule has 1 amide bonds. The first-order chi connectivity index (χ1) is 9.63. The second kappa shape index (κ2) is 6.49. The van der Waals surface area contributed by atoms with Crippen molar-refractivity contribution in [1.82, 2.24) is 4.90 Å². The zero-order valence-corrected chi connectivity index (χ0v) is 11.2. The Labute approximate surface area is 116 Å². The number of nitrogens with zero attached hydrogens (tertiary/aromatic N) is 1. The normalized spacial score (nSPS) is 18.9. The molecule has 6 heteroatoms. The lowest BCUT2D eigenvalue weighted by Crippen LogP contribution is -2.48. The van der Waals surface area contributed by atoms with Gasteiger partial charge in [-0.05, 0) is 11.6 Å². The third-order valence-corrected chi connectivity index (χ3v) is 3.18. The van der Waals surface area contributed by atoms with E-state index in [4.69, 9.17) is 14.6 Å². The molecule has 1 saturated heterocycles. The summed E-state index contributed by atoms with van der Waals surface area (Å²) in [6.07, 6.45) is -0.956. The lowest BCUT2D eigenvalue weighted by Gasteiger charge is -2.31. The number of hydrogen-bond acceptors (Lipinski definition) is 4. The van der Waals surface area contributed by atoms with Gasteiger partial charge >= 0.3 is 5.97 Å². The number of hydrogen-bond donors (Lipinski definition) is 1. The summed E-state index contributed by atoms with van der Waals surface area (Å²) in [7, 11) is 1.57. The summed E-state index contributed by atoms with van der Waals surface area (Å²) >= 11 is 0. The van der Waals surface area contributed by atoms with Crippen LogP contribution in [0.3, 0.4) is 0 Å². The van der Waals surface area contributed by atoms with Gasteiger partial charge in [0.1, 0.15) is 0 Å². The highest BCUT2D eigenvalue weighted by Gasteiger charge is 2.30. The first-order valence-electron chi connectivity index (χ1n) is 6.34. The van der Waals surface area contributed by atoms with Gasteiger partial charge in [-0.3, -0.25) is 4.79 Å². The Kier molecular flexibility index (Phi) is 4.70. The maximum Gasteiger partial charge on any atom is 0.334 e.